The van der Waals surface area contributed by atoms with Crippen LogP contribution in [-0.2, 0) is 11.3 Å². The number of nitrogens with zero attached hydrogens (tertiary/aromatic N) is 2. The summed E-state index contributed by atoms with van der Waals surface area (Å²) in [7, 11) is 0. The van der Waals surface area contributed by atoms with Gasteiger partial charge in [0.05, 0.1) is 17.4 Å². The fraction of sp³-hybridized carbons (Fsp3) is 0.211. The monoisotopic (exact) mass is 370 g/mol. The number of hydrogen-bond acceptors (Lipinski definition) is 3. The van der Waals surface area contributed by atoms with Gasteiger partial charge >= 0.3 is 0 Å². The molecule has 1 aromatic heterocycles. The van der Waals surface area contributed by atoms with E-state index in [4.69, 9.17) is 0 Å². The number of anilines is 1. The zero-order valence-electron chi connectivity index (χ0n) is 14.2. The molecule has 8 heteroatoms. The van der Waals surface area contributed by atoms with Crippen LogP contribution in [0, 0.1) is 11.6 Å². The van der Waals surface area contributed by atoms with Gasteiger partial charge in [-0.05, 0) is 31.0 Å². The van der Waals surface area contributed by atoms with Crippen molar-refractivity contribution in [2.24, 2.45) is 0 Å². The normalized spacial score (nSPS) is 13.6. The molecule has 0 aliphatic heterocycles. The number of carbonyl (C=O) groups is 2. The predicted octanol–water partition coefficient (Wildman–Crippen LogP) is 2.85. The van der Waals surface area contributed by atoms with Crippen molar-refractivity contribution in [1.82, 2.24) is 14.9 Å². The van der Waals surface area contributed by atoms with E-state index in [1.807, 2.05) is 0 Å². The molecule has 4 rings (SSSR count). The fourth-order valence-electron chi connectivity index (χ4n) is 2.77. The lowest BCUT2D eigenvalue weighted by atomic mass is 10.2. The maximum absolute atomic E-state index is 13.5. The highest BCUT2D eigenvalue weighted by molar-refractivity contribution is 5.97. The second-order valence-corrected chi connectivity index (χ2v) is 6.50. The molecule has 27 heavy (non-hydrogen) atoms. The first kappa shape index (κ1) is 17.1. The number of aromatic nitrogens is 2. The number of fused-ring (bicyclic) bond motifs is 1. The second kappa shape index (κ2) is 6.79. The highest BCUT2D eigenvalue weighted by Gasteiger charge is 2.23. The average molecular weight is 370 g/mol. The number of imidazole rings is 1. The summed E-state index contributed by atoms with van der Waals surface area (Å²) in [4.78, 5) is 28.4. The largest absolute Gasteiger partial charge is 0.349 e. The van der Waals surface area contributed by atoms with Crippen LogP contribution in [0.5, 0.6) is 0 Å². The fourth-order valence-corrected chi connectivity index (χ4v) is 2.77. The van der Waals surface area contributed by atoms with Crippen molar-refractivity contribution in [1.29, 1.82) is 0 Å². The summed E-state index contributed by atoms with van der Waals surface area (Å²) in [5, 5.41) is 5.59. The first-order valence-electron chi connectivity index (χ1n) is 8.50. The summed E-state index contributed by atoms with van der Waals surface area (Å²) in [5.41, 5.74) is 1.53. The minimum absolute atomic E-state index is 0.125. The van der Waals surface area contributed by atoms with Crippen LogP contribution in [0.2, 0.25) is 0 Å². The van der Waals surface area contributed by atoms with E-state index in [-0.39, 0.29) is 29.9 Å². The summed E-state index contributed by atoms with van der Waals surface area (Å²) in [6.45, 7) is -0.125. The van der Waals surface area contributed by atoms with Crippen LogP contribution < -0.4 is 10.6 Å². The quantitative estimate of drug-likeness (QED) is 0.725. The van der Waals surface area contributed by atoms with Crippen molar-refractivity contribution in [3.8, 4) is 0 Å². The number of hydrogen-bond donors (Lipinski definition) is 2. The van der Waals surface area contributed by atoms with Crippen molar-refractivity contribution >= 4 is 28.5 Å². The second-order valence-electron chi connectivity index (χ2n) is 6.50. The third-order valence-corrected chi connectivity index (χ3v) is 4.30. The third-order valence-electron chi connectivity index (χ3n) is 4.30. The number of amides is 2. The van der Waals surface area contributed by atoms with Crippen molar-refractivity contribution in [2.45, 2.75) is 25.4 Å². The van der Waals surface area contributed by atoms with Crippen LogP contribution in [0.25, 0.3) is 11.0 Å². The first-order chi connectivity index (χ1) is 13.0. The van der Waals surface area contributed by atoms with Crippen molar-refractivity contribution in [3.63, 3.8) is 0 Å². The van der Waals surface area contributed by atoms with Gasteiger partial charge in [-0.25, -0.2) is 13.8 Å². The summed E-state index contributed by atoms with van der Waals surface area (Å²) >= 11 is 0. The maximum Gasteiger partial charge on any atom is 0.251 e. The Bertz CT molecular complexity index is 1040. The van der Waals surface area contributed by atoms with E-state index in [9.17, 15) is 18.4 Å². The molecular weight excluding hydrogens is 354 g/mol. The van der Waals surface area contributed by atoms with E-state index in [2.05, 4.69) is 15.6 Å². The molecule has 0 saturated heterocycles. The highest BCUT2D eigenvalue weighted by Crippen LogP contribution is 2.20. The van der Waals surface area contributed by atoms with Crippen LogP contribution in [0.4, 0.5) is 14.5 Å². The number of carbonyl (C=O) groups excluding carboxylic acids is 2. The van der Waals surface area contributed by atoms with Crippen LogP contribution in [0.15, 0.2) is 42.7 Å². The zero-order valence-corrected chi connectivity index (χ0v) is 14.2. The smallest absolute Gasteiger partial charge is 0.251 e. The average Bonchev–Trinajstić information content (AvgIpc) is 3.38. The van der Waals surface area contributed by atoms with Gasteiger partial charge in [-0.15, -0.1) is 0 Å². The van der Waals surface area contributed by atoms with Gasteiger partial charge < -0.3 is 15.2 Å². The molecule has 6 nitrogen and oxygen atoms in total. The van der Waals surface area contributed by atoms with Gasteiger partial charge in [-0.2, -0.15) is 0 Å². The first-order valence-corrected chi connectivity index (χ1v) is 8.50. The Kier molecular flexibility index (Phi) is 4.31. The van der Waals surface area contributed by atoms with Crippen LogP contribution in [0.1, 0.15) is 23.2 Å². The number of benzene rings is 2. The van der Waals surface area contributed by atoms with E-state index in [0.29, 0.717) is 16.8 Å². The van der Waals surface area contributed by atoms with Crippen LogP contribution in [0.3, 0.4) is 0 Å². The van der Waals surface area contributed by atoms with Gasteiger partial charge in [0.15, 0.2) is 11.6 Å². The zero-order chi connectivity index (χ0) is 19.0. The molecule has 1 heterocycles. The summed E-state index contributed by atoms with van der Waals surface area (Å²) in [5.74, 6) is -2.54. The standard InChI is InChI=1S/C19H16F2N4O2/c20-14-7-16-17(8-15(14)21)25(10-22-16)9-18(26)23-13-3-1-2-11(6-13)19(27)24-12-4-5-12/h1-3,6-8,10,12H,4-5,9H2,(H,23,26)(H,24,27). The van der Waals surface area contributed by atoms with Gasteiger partial charge in [0.2, 0.25) is 5.91 Å². The molecule has 0 radical (unpaired) electrons. The Morgan fingerprint density at radius 1 is 1.15 bits per heavy atom. The van der Waals surface area contributed by atoms with Crippen LogP contribution in [-0.4, -0.2) is 27.4 Å². The van der Waals surface area contributed by atoms with E-state index in [1.165, 1.54) is 10.9 Å². The molecule has 1 aliphatic rings. The summed E-state index contributed by atoms with van der Waals surface area (Å²) < 4.78 is 28.1. The molecule has 0 bridgehead atoms. The van der Waals surface area contributed by atoms with E-state index >= 15 is 0 Å². The molecule has 3 aromatic rings. The summed E-state index contributed by atoms with van der Waals surface area (Å²) in [6, 6.07) is 8.87. The van der Waals surface area contributed by atoms with Crippen molar-refractivity contribution < 1.29 is 18.4 Å². The number of rotatable bonds is 5. The Balaban J connectivity index is 1.46. The molecule has 1 fully saturated rings. The van der Waals surface area contributed by atoms with Gasteiger partial charge in [0.1, 0.15) is 6.54 Å². The van der Waals surface area contributed by atoms with E-state index < -0.39 is 11.6 Å². The minimum Gasteiger partial charge on any atom is -0.349 e. The topological polar surface area (TPSA) is 76.0 Å². The van der Waals surface area contributed by atoms with Gasteiger partial charge in [0, 0.05) is 29.4 Å². The lowest BCUT2D eigenvalue weighted by molar-refractivity contribution is -0.116. The lowest BCUT2D eigenvalue weighted by Crippen LogP contribution is -2.25. The molecule has 0 spiro atoms. The van der Waals surface area contributed by atoms with Crippen LogP contribution >= 0.6 is 0 Å². The SMILES string of the molecule is O=C(Cn1cnc2cc(F)c(F)cc21)Nc1cccc(C(=O)NC2CC2)c1. The van der Waals surface area contributed by atoms with E-state index in [0.717, 1.165) is 25.0 Å². The lowest BCUT2D eigenvalue weighted by Gasteiger charge is -2.09. The predicted molar refractivity (Wildman–Crippen MR) is 95.2 cm³/mol. The molecule has 1 saturated carbocycles. The molecule has 138 valence electrons. The summed E-state index contributed by atoms with van der Waals surface area (Å²) in [6.07, 6.45) is 3.33. The van der Waals surface area contributed by atoms with E-state index in [1.54, 1.807) is 24.3 Å². The third kappa shape index (κ3) is 3.79. The molecule has 0 unspecified atom stereocenters. The molecule has 0 atom stereocenters. The Hall–Kier alpha value is -3.29. The van der Waals surface area contributed by atoms with Crippen molar-refractivity contribution in [2.75, 3.05) is 5.32 Å². The van der Waals surface area contributed by atoms with Gasteiger partial charge in [0.25, 0.3) is 5.91 Å². The maximum atomic E-state index is 13.5. The molecule has 2 aromatic carbocycles. The Morgan fingerprint density at radius 3 is 2.70 bits per heavy atom. The van der Waals surface area contributed by atoms with Crippen molar-refractivity contribution in [3.05, 3.63) is 59.9 Å². The molecule has 2 N–H and O–H groups in total. The van der Waals surface area contributed by atoms with Gasteiger partial charge in [-0.3, -0.25) is 9.59 Å². The number of halogens is 2. The Morgan fingerprint density at radius 2 is 1.93 bits per heavy atom. The molecule has 1 aliphatic carbocycles. The van der Waals surface area contributed by atoms with Gasteiger partial charge in [-0.1, -0.05) is 6.07 Å². The Labute approximate surface area is 153 Å². The minimum atomic E-state index is -1.00. The molecule has 2 amide bonds. The highest BCUT2D eigenvalue weighted by atomic mass is 19.2. The number of nitrogens with one attached hydrogen (secondary N) is 2. The molecular formula is C19H16F2N4O2.